The van der Waals surface area contributed by atoms with E-state index in [2.05, 4.69) is 0 Å². The van der Waals surface area contributed by atoms with E-state index in [0.717, 1.165) is 45.6 Å². The largest absolute Gasteiger partial charge is 0.480 e. The van der Waals surface area contributed by atoms with Crippen molar-refractivity contribution in [1.29, 1.82) is 0 Å². The van der Waals surface area contributed by atoms with Crippen molar-refractivity contribution >= 4 is 23.9 Å². The zero-order valence-electron chi connectivity index (χ0n) is 25.2. The minimum Gasteiger partial charge on any atom is -0.480 e. The Labute approximate surface area is 262 Å². The van der Waals surface area contributed by atoms with E-state index in [0.29, 0.717) is 19.3 Å². The van der Waals surface area contributed by atoms with E-state index < -0.39 is 42.1 Å². The van der Waals surface area contributed by atoms with Crippen molar-refractivity contribution in [2.45, 2.75) is 75.5 Å². The summed E-state index contributed by atoms with van der Waals surface area (Å²) in [6.45, 7) is 1.45. The van der Waals surface area contributed by atoms with Gasteiger partial charge in [0.1, 0.15) is 24.7 Å². The number of nitrogens with zero attached hydrogens (tertiary/aromatic N) is 2. The number of ether oxygens (including phenoxy) is 1. The fourth-order valence-corrected chi connectivity index (χ4v) is 7.71. The molecular formula is C36H38N2O7. The van der Waals surface area contributed by atoms with Gasteiger partial charge in [0, 0.05) is 12.0 Å². The number of amides is 2. The van der Waals surface area contributed by atoms with Crippen LogP contribution < -0.4 is 0 Å². The number of benzene rings is 3. The molecule has 5 atom stereocenters. The minimum absolute atomic E-state index is 0.0402. The second-order valence-corrected chi connectivity index (χ2v) is 12.4. The van der Waals surface area contributed by atoms with Gasteiger partial charge in [0.15, 0.2) is 0 Å². The van der Waals surface area contributed by atoms with Crippen LogP contribution in [0.5, 0.6) is 0 Å². The molecule has 45 heavy (non-hydrogen) atoms. The van der Waals surface area contributed by atoms with Gasteiger partial charge >= 0.3 is 18.0 Å². The predicted molar refractivity (Wildman–Crippen MR) is 167 cm³/mol. The summed E-state index contributed by atoms with van der Waals surface area (Å²) in [6, 6.07) is 21.3. The molecular weight excluding hydrogens is 572 g/mol. The molecule has 0 bridgehead atoms. The highest BCUT2D eigenvalue weighted by molar-refractivity contribution is 5.92. The standard InChI is InChI=1S/C36H38N2O7/c1-22(33(39)38-30-17-9-12-24(30)20-32(38)35(42)43)37(31(34(40)41)19-18-23-10-3-2-4-11-23)36(44)45-21-29-27-15-7-5-13-25(27)26-14-6-8-16-28(26)29/h2-8,10-11,13-16,22,24,29-32H,9,12,17-21H2,1H3,(H,40,41)(H,42,43)/t22-,24+,30-,31-,32+/m1/s1. The molecule has 1 saturated heterocycles. The zero-order valence-corrected chi connectivity index (χ0v) is 25.2. The number of carbonyl (C=O) groups is 4. The summed E-state index contributed by atoms with van der Waals surface area (Å²) in [7, 11) is 0. The molecule has 0 aromatic heterocycles. The van der Waals surface area contributed by atoms with Crippen LogP contribution in [0.1, 0.15) is 61.6 Å². The molecule has 3 aliphatic rings. The van der Waals surface area contributed by atoms with Gasteiger partial charge in [-0.2, -0.15) is 0 Å². The normalized spacial score (nSPS) is 21.4. The summed E-state index contributed by atoms with van der Waals surface area (Å²) in [4.78, 5) is 55.7. The Balaban J connectivity index is 1.29. The number of hydrogen-bond donors (Lipinski definition) is 2. The van der Waals surface area contributed by atoms with Crippen LogP contribution in [0.15, 0.2) is 78.9 Å². The third-order valence-corrected chi connectivity index (χ3v) is 9.87. The highest BCUT2D eigenvalue weighted by Crippen LogP contribution is 2.45. The van der Waals surface area contributed by atoms with Crippen molar-refractivity contribution in [2.24, 2.45) is 5.92 Å². The summed E-state index contributed by atoms with van der Waals surface area (Å²) in [6.07, 6.45) is 2.29. The van der Waals surface area contributed by atoms with Crippen LogP contribution >= 0.6 is 0 Å². The van der Waals surface area contributed by atoms with Crippen molar-refractivity contribution in [2.75, 3.05) is 6.61 Å². The number of aliphatic carboxylic acids is 2. The third-order valence-electron chi connectivity index (χ3n) is 9.87. The van der Waals surface area contributed by atoms with Crippen molar-refractivity contribution in [3.05, 3.63) is 95.6 Å². The molecule has 0 unspecified atom stereocenters. The SMILES string of the molecule is C[C@H](C(=O)N1[C@@H]2CCC[C@H]2C[C@H]1C(=O)O)N(C(=O)OCC1c2ccccc2-c2ccccc21)[C@H](CCc1ccccc1)C(=O)O. The summed E-state index contributed by atoms with van der Waals surface area (Å²) >= 11 is 0. The fraction of sp³-hybridized carbons (Fsp3) is 0.389. The quantitative estimate of drug-likeness (QED) is 0.308. The van der Waals surface area contributed by atoms with Crippen LogP contribution in [-0.2, 0) is 25.5 Å². The third kappa shape index (κ3) is 5.79. The number of carboxylic acids is 2. The van der Waals surface area contributed by atoms with Crippen LogP contribution in [0.25, 0.3) is 11.1 Å². The second-order valence-electron chi connectivity index (χ2n) is 12.4. The first-order valence-corrected chi connectivity index (χ1v) is 15.7. The van der Waals surface area contributed by atoms with E-state index in [1.807, 2.05) is 78.9 Å². The van der Waals surface area contributed by atoms with Gasteiger partial charge in [-0.25, -0.2) is 14.4 Å². The van der Waals surface area contributed by atoms with Gasteiger partial charge in [-0.3, -0.25) is 9.69 Å². The van der Waals surface area contributed by atoms with E-state index in [4.69, 9.17) is 4.74 Å². The summed E-state index contributed by atoms with van der Waals surface area (Å²) in [5.41, 5.74) is 5.03. The molecule has 0 radical (unpaired) electrons. The van der Waals surface area contributed by atoms with Crippen molar-refractivity contribution in [3.8, 4) is 11.1 Å². The molecule has 234 valence electrons. The van der Waals surface area contributed by atoms with E-state index in [1.165, 1.54) is 11.8 Å². The van der Waals surface area contributed by atoms with E-state index in [9.17, 15) is 29.4 Å². The van der Waals surface area contributed by atoms with E-state index in [-0.39, 0.29) is 30.9 Å². The highest BCUT2D eigenvalue weighted by atomic mass is 16.6. The van der Waals surface area contributed by atoms with E-state index in [1.54, 1.807) is 0 Å². The Morgan fingerprint density at radius 2 is 1.51 bits per heavy atom. The lowest BCUT2D eigenvalue weighted by Crippen LogP contribution is -2.58. The first kappa shape index (κ1) is 30.4. The van der Waals surface area contributed by atoms with Crippen LogP contribution in [0.2, 0.25) is 0 Å². The number of aryl methyl sites for hydroxylation is 1. The number of hydrogen-bond acceptors (Lipinski definition) is 5. The molecule has 1 saturated carbocycles. The number of carboxylic acid groups (broad SMARTS) is 2. The van der Waals surface area contributed by atoms with E-state index >= 15 is 0 Å². The monoisotopic (exact) mass is 610 g/mol. The molecule has 1 aliphatic heterocycles. The maximum absolute atomic E-state index is 14.2. The Kier molecular flexibility index (Phi) is 8.61. The Morgan fingerprint density at radius 1 is 0.889 bits per heavy atom. The first-order valence-electron chi connectivity index (χ1n) is 15.7. The number of fused-ring (bicyclic) bond motifs is 4. The molecule has 3 aromatic rings. The number of rotatable bonds is 10. The zero-order chi connectivity index (χ0) is 31.7. The molecule has 2 fully saturated rings. The summed E-state index contributed by atoms with van der Waals surface area (Å²) in [5, 5.41) is 20.4. The molecule has 1 heterocycles. The van der Waals surface area contributed by atoms with Gasteiger partial charge in [-0.1, -0.05) is 85.3 Å². The van der Waals surface area contributed by atoms with Crippen LogP contribution in [0, 0.1) is 5.92 Å². The lowest BCUT2D eigenvalue weighted by atomic mass is 9.98. The van der Waals surface area contributed by atoms with Gasteiger partial charge in [0.2, 0.25) is 5.91 Å². The van der Waals surface area contributed by atoms with Gasteiger partial charge in [0.25, 0.3) is 0 Å². The summed E-state index contributed by atoms with van der Waals surface area (Å²) in [5.74, 6) is -3.07. The predicted octanol–water partition coefficient (Wildman–Crippen LogP) is 5.57. The fourth-order valence-electron chi connectivity index (χ4n) is 7.71. The topological polar surface area (TPSA) is 124 Å². The highest BCUT2D eigenvalue weighted by Gasteiger charge is 2.51. The van der Waals surface area contributed by atoms with Gasteiger partial charge < -0.3 is 19.8 Å². The van der Waals surface area contributed by atoms with Gasteiger partial charge in [0.05, 0.1) is 0 Å². The number of carbonyl (C=O) groups excluding carboxylic acids is 2. The molecule has 0 spiro atoms. The minimum atomic E-state index is -1.37. The van der Waals surface area contributed by atoms with Crippen molar-refractivity contribution < 1.29 is 34.1 Å². The van der Waals surface area contributed by atoms with Gasteiger partial charge in [-0.05, 0) is 72.8 Å². The van der Waals surface area contributed by atoms with Crippen molar-refractivity contribution in [3.63, 3.8) is 0 Å². The molecule has 2 amide bonds. The maximum Gasteiger partial charge on any atom is 0.411 e. The van der Waals surface area contributed by atoms with Crippen LogP contribution in [0.3, 0.4) is 0 Å². The Hall–Kier alpha value is -4.66. The van der Waals surface area contributed by atoms with Crippen LogP contribution in [0.4, 0.5) is 4.79 Å². The van der Waals surface area contributed by atoms with Crippen molar-refractivity contribution in [1.82, 2.24) is 9.80 Å². The Morgan fingerprint density at radius 3 is 2.13 bits per heavy atom. The molecule has 2 aliphatic carbocycles. The Bertz CT molecular complexity index is 1550. The maximum atomic E-state index is 14.2. The molecule has 2 N–H and O–H groups in total. The lowest BCUT2D eigenvalue weighted by Gasteiger charge is -2.37. The van der Waals surface area contributed by atoms with Gasteiger partial charge in [-0.15, -0.1) is 0 Å². The summed E-state index contributed by atoms with van der Waals surface area (Å²) < 4.78 is 5.92. The van der Waals surface area contributed by atoms with Crippen LogP contribution in [-0.4, -0.2) is 74.7 Å². The number of likely N-dealkylation sites (tertiary alicyclic amines) is 1. The molecule has 6 rings (SSSR count). The second kappa shape index (κ2) is 12.8. The molecule has 9 heteroatoms. The smallest absolute Gasteiger partial charge is 0.411 e. The average Bonchev–Trinajstić information content (AvgIpc) is 3.74. The molecule has 3 aromatic carbocycles. The average molecular weight is 611 g/mol. The molecule has 9 nitrogen and oxygen atoms in total. The lowest BCUT2D eigenvalue weighted by molar-refractivity contribution is -0.154. The first-order chi connectivity index (χ1) is 21.8.